The van der Waals surface area contributed by atoms with Crippen LogP contribution < -0.4 is 5.73 Å². The number of amides is 1. The van der Waals surface area contributed by atoms with Gasteiger partial charge in [0.2, 0.25) is 5.91 Å². The summed E-state index contributed by atoms with van der Waals surface area (Å²) < 4.78 is 4.89. The van der Waals surface area contributed by atoms with Crippen LogP contribution in [0.1, 0.15) is 12.0 Å². The van der Waals surface area contributed by atoms with E-state index < -0.39 is 12.0 Å². The molecule has 0 aliphatic heterocycles. The van der Waals surface area contributed by atoms with Gasteiger partial charge in [0.15, 0.2) is 0 Å². The summed E-state index contributed by atoms with van der Waals surface area (Å²) in [7, 11) is 1.50. The van der Waals surface area contributed by atoms with Gasteiger partial charge in [-0.15, -0.1) is 0 Å². The number of aliphatic carboxylic acids is 1. The summed E-state index contributed by atoms with van der Waals surface area (Å²) in [6, 6.07) is 9.01. The largest absolute Gasteiger partial charge is 0.480 e. The van der Waals surface area contributed by atoms with Gasteiger partial charge in [-0.25, -0.2) is 0 Å². The first-order valence-corrected chi connectivity index (χ1v) is 6.83. The fourth-order valence-electron chi connectivity index (χ4n) is 1.96. The third-order valence-corrected chi connectivity index (χ3v) is 3.11. The Morgan fingerprint density at radius 3 is 2.57 bits per heavy atom. The van der Waals surface area contributed by atoms with E-state index in [1.54, 1.807) is 0 Å². The standard InChI is InChI=1S/C15H22N2O4/c1-21-10-9-17(11-14(18)19)15(20)13(16)8-7-12-5-3-2-4-6-12/h2-6,13H,7-11,16H2,1H3,(H,18,19). The number of nitrogens with two attached hydrogens (primary N) is 1. The topological polar surface area (TPSA) is 92.9 Å². The number of aryl methyl sites for hydroxylation is 1. The van der Waals surface area contributed by atoms with E-state index in [1.807, 2.05) is 30.3 Å². The second kappa shape index (κ2) is 9.10. The van der Waals surface area contributed by atoms with Crippen molar-refractivity contribution in [3.8, 4) is 0 Å². The van der Waals surface area contributed by atoms with Crippen molar-refractivity contribution in [2.24, 2.45) is 5.73 Å². The lowest BCUT2D eigenvalue weighted by atomic mass is 10.0. The highest BCUT2D eigenvalue weighted by molar-refractivity contribution is 5.85. The number of carbonyl (C=O) groups excluding carboxylic acids is 1. The molecule has 0 aliphatic carbocycles. The highest BCUT2D eigenvalue weighted by atomic mass is 16.5. The van der Waals surface area contributed by atoms with Gasteiger partial charge in [-0.1, -0.05) is 30.3 Å². The number of benzene rings is 1. The van der Waals surface area contributed by atoms with E-state index in [-0.39, 0.29) is 25.6 Å². The molecule has 1 amide bonds. The molecular formula is C15H22N2O4. The molecule has 1 aromatic rings. The van der Waals surface area contributed by atoms with Crippen LogP contribution in [-0.2, 0) is 20.7 Å². The lowest BCUT2D eigenvalue weighted by Gasteiger charge is -2.23. The normalized spacial score (nSPS) is 11.9. The predicted octanol–water partition coefficient (Wildman–Crippen LogP) is 0.506. The van der Waals surface area contributed by atoms with Gasteiger partial charge in [0.1, 0.15) is 6.54 Å². The Labute approximate surface area is 124 Å². The SMILES string of the molecule is COCCN(CC(=O)O)C(=O)C(N)CCc1ccccc1. The average Bonchev–Trinajstić information content (AvgIpc) is 2.49. The number of carboxylic acids is 1. The van der Waals surface area contributed by atoms with E-state index >= 15 is 0 Å². The number of nitrogens with zero attached hydrogens (tertiary/aromatic N) is 1. The Balaban J connectivity index is 2.54. The van der Waals surface area contributed by atoms with Gasteiger partial charge in [-0.05, 0) is 18.4 Å². The summed E-state index contributed by atoms with van der Waals surface area (Å²) in [5.41, 5.74) is 6.99. The molecule has 116 valence electrons. The van der Waals surface area contributed by atoms with E-state index in [1.165, 1.54) is 12.0 Å². The third kappa shape index (κ3) is 6.37. The molecule has 0 fully saturated rings. The van der Waals surface area contributed by atoms with Crippen molar-refractivity contribution in [1.29, 1.82) is 0 Å². The number of carboxylic acid groups (broad SMARTS) is 1. The van der Waals surface area contributed by atoms with Crippen LogP contribution in [0.15, 0.2) is 30.3 Å². The lowest BCUT2D eigenvalue weighted by molar-refractivity contribution is -0.145. The van der Waals surface area contributed by atoms with Gasteiger partial charge in [0.05, 0.1) is 12.6 Å². The quantitative estimate of drug-likeness (QED) is 0.692. The Morgan fingerprint density at radius 1 is 1.33 bits per heavy atom. The zero-order valence-corrected chi connectivity index (χ0v) is 12.2. The van der Waals surface area contributed by atoms with E-state index in [0.717, 1.165) is 5.56 Å². The number of hydrogen-bond acceptors (Lipinski definition) is 4. The molecule has 1 unspecified atom stereocenters. The van der Waals surface area contributed by atoms with Crippen LogP contribution in [0, 0.1) is 0 Å². The Bertz CT molecular complexity index is 450. The minimum atomic E-state index is -1.06. The maximum absolute atomic E-state index is 12.2. The molecule has 0 bridgehead atoms. The van der Waals surface area contributed by atoms with Crippen LogP contribution in [0.2, 0.25) is 0 Å². The van der Waals surface area contributed by atoms with Crippen LogP contribution >= 0.6 is 0 Å². The van der Waals surface area contributed by atoms with Gasteiger partial charge in [0, 0.05) is 13.7 Å². The van der Waals surface area contributed by atoms with Crippen molar-refractivity contribution in [2.75, 3.05) is 26.8 Å². The summed E-state index contributed by atoms with van der Waals surface area (Å²) >= 11 is 0. The molecule has 0 saturated carbocycles. The molecule has 0 heterocycles. The summed E-state index contributed by atoms with van der Waals surface area (Å²) in [6.07, 6.45) is 1.16. The van der Waals surface area contributed by atoms with E-state index in [4.69, 9.17) is 15.6 Å². The molecule has 1 rings (SSSR count). The number of ether oxygens (including phenoxy) is 1. The highest BCUT2D eigenvalue weighted by Gasteiger charge is 2.22. The van der Waals surface area contributed by atoms with Crippen molar-refractivity contribution >= 4 is 11.9 Å². The number of hydrogen-bond donors (Lipinski definition) is 2. The average molecular weight is 294 g/mol. The molecule has 0 aliphatic rings. The molecule has 1 aromatic carbocycles. The second-order valence-corrected chi connectivity index (χ2v) is 4.78. The van der Waals surface area contributed by atoms with Crippen LogP contribution in [0.4, 0.5) is 0 Å². The molecule has 6 heteroatoms. The first-order valence-electron chi connectivity index (χ1n) is 6.83. The number of rotatable bonds is 9. The number of methoxy groups -OCH3 is 1. The summed E-state index contributed by atoms with van der Waals surface area (Å²) in [5.74, 6) is -1.42. The third-order valence-electron chi connectivity index (χ3n) is 3.11. The van der Waals surface area contributed by atoms with Gasteiger partial charge >= 0.3 is 5.97 Å². The van der Waals surface area contributed by atoms with Gasteiger partial charge in [-0.3, -0.25) is 9.59 Å². The molecule has 0 saturated heterocycles. The van der Waals surface area contributed by atoms with Gasteiger partial charge < -0.3 is 20.5 Å². The maximum atomic E-state index is 12.2. The summed E-state index contributed by atoms with van der Waals surface area (Å²) in [4.78, 5) is 24.2. The van der Waals surface area contributed by atoms with Gasteiger partial charge in [0.25, 0.3) is 0 Å². The molecule has 3 N–H and O–H groups in total. The van der Waals surface area contributed by atoms with Gasteiger partial charge in [-0.2, -0.15) is 0 Å². The van der Waals surface area contributed by atoms with Crippen molar-refractivity contribution in [3.05, 3.63) is 35.9 Å². The minimum absolute atomic E-state index is 0.223. The molecule has 0 spiro atoms. The van der Waals surface area contributed by atoms with E-state index in [9.17, 15) is 9.59 Å². The maximum Gasteiger partial charge on any atom is 0.323 e. The Hall–Kier alpha value is -1.92. The number of carbonyl (C=O) groups is 2. The van der Waals surface area contributed by atoms with E-state index in [2.05, 4.69) is 0 Å². The first kappa shape index (κ1) is 17.1. The fourth-order valence-corrected chi connectivity index (χ4v) is 1.96. The lowest BCUT2D eigenvalue weighted by Crippen LogP contribution is -2.47. The molecule has 1 atom stereocenters. The highest BCUT2D eigenvalue weighted by Crippen LogP contribution is 2.06. The molecular weight excluding hydrogens is 272 g/mol. The van der Waals surface area contributed by atoms with Crippen molar-refractivity contribution < 1.29 is 19.4 Å². The summed E-state index contributed by atoms with van der Waals surface area (Å²) in [6.45, 7) is 0.145. The zero-order chi connectivity index (χ0) is 15.7. The van der Waals surface area contributed by atoms with Crippen LogP contribution in [0.3, 0.4) is 0 Å². The molecule has 21 heavy (non-hydrogen) atoms. The van der Waals surface area contributed by atoms with Crippen molar-refractivity contribution in [3.63, 3.8) is 0 Å². The second-order valence-electron chi connectivity index (χ2n) is 4.78. The van der Waals surface area contributed by atoms with Crippen LogP contribution in [0.5, 0.6) is 0 Å². The molecule has 6 nitrogen and oxygen atoms in total. The Morgan fingerprint density at radius 2 is 2.00 bits per heavy atom. The summed E-state index contributed by atoms with van der Waals surface area (Å²) in [5, 5.41) is 8.85. The van der Waals surface area contributed by atoms with E-state index in [0.29, 0.717) is 12.8 Å². The molecule has 0 aromatic heterocycles. The fraction of sp³-hybridized carbons (Fsp3) is 0.467. The Kier molecular flexibility index (Phi) is 7.42. The van der Waals surface area contributed by atoms with Crippen molar-refractivity contribution in [2.45, 2.75) is 18.9 Å². The smallest absolute Gasteiger partial charge is 0.323 e. The van der Waals surface area contributed by atoms with Crippen LogP contribution in [-0.4, -0.2) is 54.7 Å². The minimum Gasteiger partial charge on any atom is -0.480 e. The monoisotopic (exact) mass is 294 g/mol. The predicted molar refractivity (Wildman–Crippen MR) is 78.8 cm³/mol. The zero-order valence-electron chi connectivity index (χ0n) is 12.2. The van der Waals surface area contributed by atoms with Crippen molar-refractivity contribution in [1.82, 2.24) is 4.90 Å². The molecule has 0 radical (unpaired) electrons. The van der Waals surface area contributed by atoms with Crippen LogP contribution in [0.25, 0.3) is 0 Å². The first-order chi connectivity index (χ1) is 10.0.